The average Bonchev–Trinajstić information content (AvgIpc) is 3.45. The molecule has 2 saturated heterocycles. The van der Waals surface area contributed by atoms with Crippen LogP contribution in [0.4, 0.5) is 5.69 Å². The molecular formula is C24H29N5O. The van der Waals surface area contributed by atoms with E-state index >= 15 is 0 Å². The third-order valence-corrected chi connectivity index (χ3v) is 6.55. The van der Waals surface area contributed by atoms with Crippen molar-refractivity contribution in [2.75, 3.05) is 31.1 Å². The molecular weight excluding hydrogens is 374 g/mol. The number of carbonyl (C=O) groups excluding carboxylic acids is 1. The van der Waals surface area contributed by atoms with E-state index in [9.17, 15) is 4.79 Å². The molecule has 6 nitrogen and oxygen atoms in total. The molecule has 0 N–H and O–H groups in total. The Morgan fingerprint density at radius 3 is 2.73 bits per heavy atom. The number of amides is 1. The van der Waals surface area contributed by atoms with Gasteiger partial charge in [-0.3, -0.25) is 4.79 Å². The van der Waals surface area contributed by atoms with Crippen molar-refractivity contribution in [3.63, 3.8) is 0 Å². The number of aryl methyl sites for hydroxylation is 1. The molecule has 0 radical (unpaired) electrons. The second kappa shape index (κ2) is 8.09. The van der Waals surface area contributed by atoms with Crippen molar-refractivity contribution in [3.8, 4) is 0 Å². The molecule has 2 aliphatic rings. The Morgan fingerprint density at radius 2 is 1.90 bits per heavy atom. The summed E-state index contributed by atoms with van der Waals surface area (Å²) in [4.78, 5) is 22.1. The first-order valence-electron chi connectivity index (χ1n) is 11.1. The fourth-order valence-corrected chi connectivity index (χ4v) is 4.72. The number of hydrogen-bond donors (Lipinski definition) is 0. The molecule has 1 amide bonds. The van der Waals surface area contributed by atoms with Gasteiger partial charge in [-0.1, -0.05) is 24.3 Å². The lowest BCUT2D eigenvalue weighted by atomic mass is 9.96. The molecule has 3 aromatic rings. The summed E-state index contributed by atoms with van der Waals surface area (Å²) in [7, 11) is 0. The molecule has 30 heavy (non-hydrogen) atoms. The van der Waals surface area contributed by atoms with Crippen LogP contribution in [0.25, 0.3) is 5.65 Å². The minimum absolute atomic E-state index is 0.203. The highest BCUT2D eigenvalue weighted by Gasteiger charge is 2.28. The SMILES string of the molecule is Cc1ccccc1CC(=O)N1CCC[C@H](c2nc3ccc(N4CCCC4)cn3n2)C1. The Morgan fingerprint density at radius 1 is 1.07 bits per heavy atom. The zero-order valence-electron chi connectivity index (χ0n) is 17.6. The number of carbonyl (C=O) groups is 1. The fourth-order valence-electron chi connectivity index (χ4n) is 4.72. The number of aromatic nitrogens is 3. The van der Waals surface area contributed by atoms with Gasteiger partial charge in [0.25, 0.3) is 0 Å². The van der Waals surface area contributed by atoms with Gasteiger partial charge in [-0.05, 0) is 55.9 Å². The van der Waals surface area contributed by atoms with Crippen molar-refractivity contribution in [3.05, 3.63) is 59.5 Å². The van der Waals surface area contributed by atoms with Crippen LogP contribution in [0.1, 0.15) is 48.6 Å². The van der Waals surface area contributed by atoms with Crippen molar-refractivity contribution in [2.45, 2.75) is 44.9 Å². The summed E-state index contributed by atoms with van der Waals surface area (Å²) in [5, 5.41) is 4.80. The predicted molar refractivity (Wildman–Crippen MR) is 118 cm³/mol. The van der Waals surface area contributed by atoms with Crippen molar-refractivity contribution < 1.29 is 4.79 Å². The highest BCUT2D eigenvalue weighted by atomic mass is 16.2. The van der Waals surface area contributed by atoms with Crippen molar-refractivity contribution in [2.24, 2.45) is 0 Å². The molecule has 0 spiro atoms. The van der Waals surface area contributed by atoms with E-state index < -0.39 is 0 Å². The Hall–Kier alpha value is -2.89. The second-order valence-corrected chi connectivity index (χ2v) is 8.64. The molecule has 6 heteroatoms. The summed E-state index contributed by atoms with van der Waals surface area (Å²) in [5.74, 6) is 1.27. The molecule has 1 atom stereocenters. The number of rotatable bonds is 4. The van der Waals surface area contributed by atoms with Crippen LogP contribution < -0.4 is 4.90 Å². The quantitative estimate of drug-likeness (QED) is 0.668. The molecule has 5 rings (SSSR count). The van der Waals surface area contributed by atoms with E-state index in [1.54, 1.807) is 0 Å². The van der Waals surface area contributed by atoms with E-state index in [2.05, 4.69) is 42.3 Å². The van der Waals surface area contributed by atoms with Crippen molar-refractivity contribution in [1.82, 2.24) is 19.5 Å². The zero-order valence-corrected chi connectivity index (χ0v) is 17.6. The highest BCUT2D eigenvalue weighted by Crippen LogP contribution is 2.27. The number of anilines is 1. The Balaban J connectivity index is 1.31. The van der Waals surface area contributed by atoms with Gasteiger partial charge in [0.05, 0.1) is 18.3 Å². The maximum absolute atomic E-state index is 12.9. The van der Waals surface area contributed by atoms with Gasteiger partial charge >= 0.3 is 0 Å². The standard InChI is InChI=1S/C24H29N5O/c1-18-7-2-3-8-19(18)15-23(30)28-14-6-9-20(16-28)24-25-22-11-10-21(17-29(22)26-24)27-12-4-5-13-27/h2-3,7-8,10-11,17,20H,4-6,9,12-16H2,1H3/t20-/m0/s1. The number of hydrogen-bond acceptors (Lipinski definition) is 4. The largest absolute Gasteiger partial charge is 0.370 e. The van der Waals surface area contributed by atoms with Crippen LogP contribution in [0.3, 0.4) is 0 Å². The van der Waals surface area contributed by atoms with E-state index in [1.807, 2.05) is 21.5 Å². The molecule has 0 saturated carbocycles. The lowest BCUT2D eigenvalue weighted by Gasteiger charge is -2.31. The van der Waals surface area contributed by atoms with Crippen molar-refractivity contribution >= 4 is 17.2 Å². The second-order valence-electron chi connectivity index (χ2n) is 8.64. The summed E-state index contributed by atoms with van der Waals surface area (Å²) < 4.78 is 1.91. The van der Waals surface area contributed by atoms with Crippen LogP contribution in [0.15, 0.2) is 42.6 Å². The number of benzene rings is 1. The predicted octanol–water partition coefficient (Wildman–Crippen LogP) is 3.59. The normalized spacial score (nSPS) is 19.6. The summed E-state index contributed by atoms with van der Waals surface area (Å²) in [5.41, 5.74) is 4.39. The third-order valence-electron chi connectivity index (χ3n) is 6.55. The van der Waals surface area contributed by atoms with Gasteiger partial charge in [0, 0.05) is 32.1 Å². The molecule has 4 heterocycles. The molecule has 1 aromatic carbocycles. The lowest BCUT2D eigenvalue weighted by Crippen LogP contribution is -2.40. The van der Waals surface area contributed by atoms with Gasteiger partial charge in [0.2, 0.25) is 5.91 Å². The summed E-state index contributed by atoms with van der Waals surface area (Å²) in [6, 6.07) is 12.4. The average molecular weight is 404 g/mol. The van der Waals surface area contributed by atoms with Crippen LogP contribution in [-0.2, 0) is 11.2 Å². The van der Waals surface area contributed by atoms with E-state index in [-0.39, 0.29) is 11.8 Å². The number of piperidine rings is 1. The first kappa shape index (κ1) is 19.1. The van der Waals surface area contributed by atoms with Gasteiger partial charge in [0.15, 0.2) is 11.5 Å². The number of likely N-dealkylation sites (tertiary alicyclic amines) is 1. The molecule has 2 fully saturated rings. The fraction of sp³-hybridized carbons (Fsp3) is 0.458. The number of fused-ring (bicyclic) bond motifs is 1. The van der Waals surface area contributed by atoms with Gasteiger partial charge in [-0.2, -0.15) is 5.10 Å². The topological polar surface area (TPSA) is 53.7 Å². The zero-order chi connectivity index (χ0) is 20.5. The molecule has 0 bridgehead atoms. The first-order chi connectivity index (χ1) is 14.7. The van der Waals surface area contributed by atoms with E-state index in [1.165, 1.54) is 24.1 Å². The maximum atomic E-state index is 12.9. The molecule has 2 aliphatic heterocycles. The third kappa shape index (κ3) is 3.78. The van der Waals surface area contributed by atoms with E-state index in [0.29, 0.717) is 13.0 Å². The minimum atomic E-state index is 0.203. The highest BCUT2D eigenvalue weighted by molar-refractivity contribution is 5.79. The number of pyridine rings is 1. The summed E-state index contributed by atoms with van der Waals surface area (Å²) in [6.45, 7) is 5.84. The lowest BCUT2D eigenvalue weighted by molar-refractivity contribution is -0.131. The van der Waals surface area contributed by atoms with Crippen LogP contribution in [-0.4, -0.2) is 51.6 Å². The monoisotopic (exact) mass is 403 g/mol. The summed E-state index contributed by atoms with van der Waals surface area (Å²) >= 11 is 0. The van der Waals surface area contributed by atoms with Crippen LogP contribution in [0.5, 0.6) is 0 Å². The van der Waals surface area contributed by atoms with E-state index in [0.717, 1.165) is 49.5 Å². The smallest absolute Gasteiger partial charge is 0.227 e. The molecule has 156 valence electrons. The summed E-state index contributed by atoms with van der Waals surface area (Å²) in [6.07, 6.45) is 7.12. The van der Waals surface area contributed by atoms with Gasteiger partial charge < -0.3 is 9.80 Å². The Kier molecular flexibility index (Phi) is 5.15. The van der Waals surface area contributed by atoms with Gasteiger partial charge in [0.1, 0.15) is 0 Å². The van der Waals surface area contributed by atoms with Crippen LogP contribution >= 0.6 is 0 Å². The maximum Gasteiger partial charge on any atom is 0.227 e. The van der Waals surface area contributed by atoms with Crippen molar-refractivity contribution in [1.29, 1.82) is 0 Å². The number of nitrogens with zero attached hydrogens (tertiary/aromatic N) is 5. The van der Waals surface area contributed by atoms with Gasteiger partial charge in [-0.15, -0.1) is 0 Å². The molecule has 0 unspecified atom stereocenters. The van der Waals surface area contributed by atoms with E-state index in [4.69, 9.17) is 10.1 Å². The molecule has 0 aliphatic carbocycles. The first-order valence-corrected chi connectivity index (χ1v) is 11.1. The Labute approximate surface area is 177 Å². The molecule has 2 aromatic heterocycles. The van der Waals surface area contributed by atoms with Crippen LogP contribution in [0.2, 0.25) is 0 Å². The minimum Gasteiger partial charge on any atom is -0.370 e. The Bertz CT molecular complexity index is 1050. The van der Waals surface area contributed by atoms with Crippen LogP contribution in [0, 0.1) is 6.92 Å². The van der Waals surface area contributed by atoms with Gasteiger partial charge in [-0.25, -0.2) is 9.50 Å².